The van der Waals surface area contributed by atoms with Crippen LogP contribution in [0.15, 0.2) is 48.9 Å². The van der Waals surface area contributed by atoms with E-state index in [9.17, 15) is 4.79 Å². The van der Waals surface area contributed by atoms with E-state index in [1.807, 2.05) is 18.2 Å². The Balaban J connectivity index is 1.22. The molecular weight excluding hydrogens is 430 g/mol. The van der Waals surface area contributed by atoms with E-state index in [0.29, 0.717) is 35.7 Å². The minimum absolute atomic E-state index is 0.305. The first-order valence-corrected chi connectivity index (χ1v) is 11.4. The third kappa shape index (κ3) is 3.66. The van der Waals surface area contributed by atoms with E-state index in [4.69, 9.17) is 0 Å². The van der Waals surface area contributed by atoms with Gasteiger partial charge in [0.2, 0.25) is 5.95 Å². The molecule has 0 spiro atoms. The number of nitrogens with zero attached hydrogens (tertiary/aromatic N) is 8. The molecule has 0 radical (unpaired) electrons. The highest BCUT2D eigenvalue weighted by Crippen LogP contribution is 2.30. The van der Waals surface area contributed by atoms with Gasteiger partial charge in [-0.3, -0.25) is 9.78 Å². The van der Waals surface area contributed by atoms with E-state index in [2.05, 4.69) is 51.8 Å². The number of fused-ring (bicyclic) bond motifs is 2. The second kappa shape index (κ2) is 8.29. The maximum Gasteiger partial charge on any atom is 0.275 e. The van der Waals surface area contributed by atoms with Gasteiger partial charge in [-0.2, -0.15) is 0 Å². The molecule has 0 saturated carbocycles. The molecule has 0 aromatic carbocycles. The third-order valence-electron chi connectivity index (χ3n) is 6.38. The molecule has 0 saturated heterocycles. The minimum Gasteiger partial charge on any atom is -0.336 e. The molecule has 34 heavy (non-hydrogen) atoms. The van der Waals surface area contributed by atoms with Gasteiger partial charge >= 0.3 is 0 Å². The first-order valence-electron chi connectivity index (χ1n) is 11.4. The van der Waals surface area contributed by atoms with Gasteiger partial charge in [0.1, 0.15) is 23.0 Å². The molecule has 10 heteroatoms. The van der Waals surface area contributed by atoms with Crippen LogP contribution in [0.3, 0.4) is 0 Å². The highest BCUT2D eigenvalue weighted by Gasteiger charge is 2.25. The van der Waals surface area contributed by atoms with E-state index < -0.39 is 0 Å². The number of aryl methyl sites for hydroxylation is 1. The highest BCUT2D eigenvalue weighted by atomic mass is 16.1. The largest absolute Gasteiger partial charge is 0.336 e. The van der Waals surface area contributed by atoms with Gasteiger partial charge in [0.05, 0.1) is 0 Å². The molecule has 2 aliphatic rings. The second-order valence-corrected chi connectivity index (χ2v) is 8.62. The van der Waals surface area contributed by atoms with Gasteiger partial charge in [0.25, 0.3) is 5.91 Å². The molecule has 1 atom stereocenters. The minimum atomic E-state index is -0.305. The lowest BCUT2D eigenvalue weighted by Crippen LogP contribution is -2.32. The Morgan fingerprint density at radius 3 is 2.82 bits per heavy atom. The van der Waals surface area contributed by atoms with Crippen LogP contribution < -0.4 is 10.2 Å². The molecule has 6 rings (SSSR count). The van der Waals surface area contributed by atoms with Crippen molar-refractivity contribution in [2.45, 2.75) is 38.8 Å². The van der Waals surface area contributed by atoms with Crippen LogP contribution in [-0.2, 0) is 19.4 Å². The van der Waals surface area contributed by atoms with Crippen molar-refractivity contribution in [3.05, 3.63) is 71.6 Å². The topological polar surface area (TPSA) is 115 Å². The summed E-state index contributed by atoms with van der Waals surface area (Å²) in [5.41, 5.74) is 3.22. The van der Waals surface area contributed by atoms with E-state index in [1.165, 1.54) is 0 Å². The quantitative estimate of drug-likeness (QED) is 0.502. The van der Waals surface area contributed by atoms with E-state index in [1.54, 1.807) is 30.7 Å². The number of carbonyl (C=O) groups is 1. The standard InChI is InChI=1S/C24H23N9O/c1-15-6-7-21-30-31-22(33(15)21)18-4-2-5-20(28-18)29-23(34)19-12-17-14-32(11-8-16(17)13-27-19)24-25-9-3-10-26-24/h2-5,9-10,12-13,15H,6-8,11,14H2,1H3,(H,28,29,34)/t15-/m0/s1. The summed E-state index contributed by atoms with van der Waals surface area (Å²) in [5, 5.41) is 11.5. The van der Waals surface area contributed by atoms with Gasteiger partial charge in [0.15, 0.2) is 5.82 Å². The number of nitrogens with one attached hydrogen (secondary N) is 1. The Morgan fingerprint density at radius 2 is 1.94 bits per heavy atom. The summed E-state index contributed by atoms with van der Waals surface area (Å²) in [5.74, 6) is 2.54. The predicted octanol–water partition coefficient (Wildman–Crippen LogP) is 2.85. The van der Waals surface area contributed by atoms with Crippen molar-refractivity contribution in [2.75, 3.05) is 16.8 Å². The summed E-state index contributed by atoms with van der Waals surface area (Å²) in [6.45, 7) is 3.60. The van der Waals surface area contributed by atoms with Crippen molar-refractivity contribution >= 4 is 17.7 Å². The molecule has 2 aliphatic heterocycles. The zero-order valence-electron chi connectivity index (χ0n) is 18.7. The lowest BCUT2D eigenvalue weighted by molar-refractivity contribution is 0.102. The van der Waals surface area contributed by atoms with Crippen LogP contribution in [-0.4, -0.2) is 47.2 Å². The van der Waals surface area contributed by atoms with Gasteiger partial charge in [-0.1, -0.05) is 6.07 Å². The molecule has 0 aliphatic carbocycles. The zero-order chi connectivity index (χ0) is 23.1. The number of amides is 1. The SMILES string of the molecule is C[C@H]1CCc2nnc(-c3cccc(NC(=O)c4cc5c(cn4)CCN(c4ncccn4)C5)n3)n21. The number of rotatable bonds is 4. The molecule has 170 valence electrons. The van der Waals surface area contributed by atoms with Crippen LogP contribution in [0.1, 0.15) is 46.8 Å². The average Bonchev–Trinajstić information content (AvgIpc) is 3.47. The van der Waals surface area contributed by atoms with Gasteiger partial charge in [-0.25, -0.2) is 15.0 Å². The van der Waals surface area contributed by atoms with Crippen LogP contribution in [0.5, 0.6) is 0 Å². The molecule has 6 heterocycles. The summed E-state index contributed by atoms with van der Waals surface area (Å²) in [6, 6.07) is 9.48. The van der Waals surface area contributed by atoms with Crippen molar-refractivity contribution in [3.63, 3.8) is 0 Å². The summed E-state index contributed by atoms with van der Waals surface area (Å²) in [6.07, 6.45) is 8.05. The van der Waals surface area contributed by atoms with Crippen molar-refractivity contribution < 1.29 is 4.79 Å². The Hall–Kier alpha value is -4.21. The average molecular weight is 454 g/mol. The Kier molecular flexibility index (Phi) is 4.97. The van der Waals surface area contributed by atoms with E-state index in [0.717, 1.165) is 48.6 Å². The summed E-state index contributed by atoms with van der Waals surface area (Å²) >= 11 is 0. The smallest absolute Gasteiger partial charge is 0.275 e. The van der Waals surface area contributed by atoms with Gasteiger partial charge in [0, 0.05) is 44.1 Å². The van der Waals surface area contributed by atoms with Crippen LogP contribution >= 0.6 is 0 Å². The fourth-order valence-corrected chi connectivity index (χ4v) is 4.60. The zero-order valence-corrected chi connectivity index (χ0v) is 18.7. The van der Waals surface area contributed by atoms with Crippen LogP contribution in [0, 0.1) is 0 Å². The summed E-state index contributed by atoms with van der Waals surface area (Å²) < 4.78 is 2.13. The number of hydrogen-bond acceptors (Lipinski definition) is 8. The number of hydrogen-bond donors (Lipinski definition) is 1. The normalized spacial score (nSPS) is 16.7. The molecule has 4 aromatic rings. The van der Waals surface area contributed by atoms with Crippen LogP contribution in [0.25, 0.3) is 11.5 Å². The third-order valence-corrected chi connectivity index (χ3v) is 6.38. The lowest BCUT2D eigenvalue weighted by Gasteiger charge is -2.28. The monoisotopic (exact) mass is 453 g/mol. The molecule has 0 unspecified atom stereocenters. The Bertz CT molecular complexity index is 1370. The highest BCUT2D eigenvalue weighted by molar-refractivity contribution is 6.02. The molecule has 1 N–H and O–H groups in total. The Labute approximate surface area is 196 Å². The summed E-state index contributed by atoms with van der Waals surface area (Å²) in [4.78, 5) is 32.8. The fourth-order valence-electron chi connectivity index (χ4n) is 4.60. The maximum atomic E-state index is 13.0. The first kappa shape index (κ1) is 20.4. The number of anilines is 2. The van der Waals surface area contributed by atoms with Crippen LogP contribution in [0.2, 0.25) is 0 Å². The predicted molar refractivity (Wildman–Crippen MR) is 125 cm³/mol. The molecule has 10 nitrogen and oxygen atoms in total. The van der Waals surface area contributed by atoms with E-state index >= 15 is 0 Å². The lowest BCUT2D eigenvalue weighted by atomic mass is 10.0. The summed E-state index contributed by atoms with van der Waals surface area (Å²) in [7, 11) is 0. The van der Waals surface area contributed by atoms with Crippen molar-refractivity contribution in [2.24, 2.45) is 0 Å². The number of aromatic nitrogens is 7. The number of carbonyl (C=O) groups excluding carboxylic acids is 1. The molecule has 1 amide bonds. The van der Waals surface area contributed by atoms with Gasteiger partial charge in [-0.15, -0.1) is 10.2 Å². The van der Waals surface area contributed by atoms with Crippen molar-refractivity contribution in [1.29, 1.82) is 0 Å². The molecular formula is C24H23N9O. The Morgan fingerprint density at radius 1 is 1.06 bits per heavy atom. The van der Waals surface area contributed by atoms with E-state index in [-0.39, 0.29) is 5.91 Å². The molecule has 4 aromatic heterocycles. The van der Waals surface area contributed by atoms with Crippen molar-refractivity contribution in [3.8, 4) is 11.5 Å². The van der Waals surface area contributed by atoms with Crippen molar-refractivity contribution in [1.82, 2.24) is 34.7 Å². The second-order valence-electron chi connectivity index (χ2n) is 8.62. The number of pyridine rings is 2. The van der Waals surface area contributed by atoms with Gasteiger partial charge in [-0.05, 0) is 55.2 Å². The fraction of sp³-hybridized carbons (Fsp3) is 0.292. The molecule has 0 fully saturated rings. The first-order chi connectivity index (χ1) is 16.7. The van der Waals surface area contributed by atoms with Gasteiger partial charge < -0.3 is 14.8 Å². The van der Waals surface area contributed by atoms with Crippen LogP contribution in [0.4, 0.5) is 11.8 Å². The molecule has 0 bridgehead atoms. The maximum absolute atomic E-state index is 13.0.